The number of hydrogen-bond donors (Lipinski definition) is 2. The second kappa shape index (κ2) is 7.94. The van der Waals surface area contributed by atoms with Crippen LogP contribution in [0.5, 0.6) is 0 Å². The molecular weight excluding hydrogens is 306 g/mol. The number of carbonyl (C=O) groups is 1. The molecule has 8 heteroatoms. The quantitative estimate of drug-likeness (QED) is 0.613. The van der Waals surface area contributed by atoms with Gasteiger partial charge in [-0.15, -0.1) is 0 Å². The van der Waals surface area contributed by atoms with Gasteiger partial charge >= 0.3 is 0 Å². The molecule has 1 aromatic heterocycles. The molecule has 0 radical (unpaired) electrons. The number of aliphatic hydroxyl groups excluding tert-OH is 1. The Kier molecular flexibility index (Phi) is 6.92. The van der Waals surface area contributed by atoms with Crippen LogP contribution in [0.2, 0.25) is 5.02 Å². The van der Waals surface area contributed by atoms with Crippen molar-refractivity contribution >= 4 is 41.0 Å². The van der Waals surface area contributed by atoms with E-state index < -0.39 is 0 Å². The molecule has 0 aliphatic carbocycles. The van der Waals surface area contributed by atoms with Crippen molar-refractivity contribution in [2.45, 2.75) is 23.4 Å². The predicted octanol–water partition coefficient (Wildman–Crippen LogP) is 1.69. The number of hydrogen-bond acceptors (Lipinski definition) is 6. The molecule has 2 unspecified atom stereocenters. The lowest BCUT2D eigenvalue weighted by atomic mass is 10.2. The van der Waals surface area contributed by atoms with E-state index in [1.165, 1.54) is 29.7 Å². The Balaban J connectivity index is 2.83. The third-order valence-corrected chi connectivity index (χ3v) is 4.52. The van der Waals surface area contributed by atoms with Crippen LogP contribution in [0.25, 0.3) is 0 Å². The van der Waals surface area contributed by atoms with Gasteiger partial charge in [-0.1, -0.05) is 23.4 Å². The zero-order valence-corrected chi connectivity index (χ0v) is 13.3. The SMILES string of the molecule is CSc1ncc(Cl)c(C(=O)NC(C)C(CO)SC)n1. The Morgan fingerprint density at radius 3 is 2.79 bits per heavy atom. The Hall–Kier alpha value is -0.500. The van der Waals surface area contributed by atoms with Gasteiger partial charge in [0.25, 0.3) is 5.91 Å². The van der Waals surface area contributed by atoms with Crippen molar-refractivity contribution in [2.75, 3.05) is 19.1 Å². The molecule has 2 atom stereocenters. The average Bonchev–Trinajstić information content (AvgIpc) is 2.40. The fraction of sp³-hybridized carbons (Fsp3) is 0.545. The van der Waals surface area contributed by atoms with E-state index in [2.05, 4.69) is 15.3 Å². The lowest BCUT2D eigenvalue weighted by molar-refractivity contribution is 0.0930. The number of amides is 1. The molecule has 0 aromatic carbocycles. The number of nitrogens with one attached hydrogen (secondary N) is 1. The molecule has 1 amide bonds. The molecule has 0 saturated heterocycles. The van der Waals surface area contributed by atoms with Crippen LogP contribution in [0.1, 0.15) is 17.4 Å². The normalized spacial score (nSPS) is 13.9. The van der Waals surface area contributed by atoms with E-state index in [0.29, 0.717) is 5.16 Å². The van der Waals surface area contributed by atoms with E-state index in [1.54, 1.807) is 0 Å². The molecule has 1 heterocycles. The van der Waals surface area contributed by atoms with Crippen molar-refractivity contribution in [3.8, 4) is 0 Å². The van der Waals surface area contributed by atoms with Crippen LogP contribution in [-0.2, 0) is 0 Å². The van der Waals surface area contributed by atoms with Gasteiger partial charge in [0.15, 0.2) is 10.9 Å². The van der Waals surface area contributed by atoms with Gasteiger partial charge in [-0.05, 0) is 19.4 Å². The summed E-state index contributed by atoms with van der Waals surface area (Å²) in [5.74, 6) is -0.359. The maximum absolute atomic E-state index is 12.1. The summed E-state index contributed by atoms with van der Waals surface area (Å²) >= 11 is 8.76. The maximum atomic E-state index is 12.1. The van der Waals surface area contributed by atoms with Gasteiger partial charge in [-0.25, -0.2) is 9.97 Å². The zero-order valence-electron chi connectivity index (χ0n) is 10.9. The van der Waals surface area contributed by atoms with Gasteiger partial charge < -0.3 is 10.4 Å². The van der Waals surface area contributed by atoms with Gasteiger partial charge in [0, 0.05) is 11.3 Å². The summed E-state index contributed by atoms with van der Waals surface area (Å²) in [5.41, 5.74) is 0.158. The monoisotopic (exact) mass is 321 g/mol. The summed E-state index contributed by atoms with van der Waals surface area (Å²) in [6.45, 7) is 1.83. The van der Waals surface area contributed by atoms with Crippen molar-refractivity contribution in [1.29, 1.82) is 0 Å². The Morgan fingerprint density at radius 2 is 2.26 bits per heavy atom. The molecule has 0 spiro atoms. The van der Waals surface area contributed by atoms with Crippen molar-refractivity contribution in [3.05, 3.63) is 16.9 Å². The van der Waals surface area contributed by atoms with Crippen molar-refractivity contribution < 1.29 is 9.90 Å². The average molecular weight is 322 g/mol. The Labute approximate surface area is 125 Å². The number of halogens is 1. The van der Waals surface area contributed by atoms with Gasteiger partial charge in [0.2, 0.25) is 0 Å². The molecule has 0 aliphatic heterocycles. The third-order valence-electron chi connectivity index (χ3n) is 2.52. The van der Waals surface area contributed by atoms with Crippen LogP contribution in [-0.4, -0.2) is 51.4 Å². The molecule has 0 bridgehead atoms. The first kappa shape index (κ1) is 16.6. The molecule has 2 N–H and O–H groups in total. The minimum Gasteiger partial charge on any atom is -0.395 e. The second-order valence-electron chi connectivity index (χ2n) is 3.77. The summed E-state index contributed by atoms with van der Waals surface area (Å²) in [6.07, 6.45) is 5.12. The predicted molar refractivity (Wildman–Crippen MR) is 80.1 cm³/mol. The first-order valence-corrected chi connectivity index (χ1v) is 8.43. The number of rotatable bonds is 6. The van der Waals surface area contributed by atoms with Gasteiger partial charge in [0.05, 0.1) is 17.8 Å². The topological polar surface area (TPSA) is 75.1 Å². The summed E-state index contributed by atoms with van der Waals surface area (Å²) in [6, 6.07) is -0.184. The molecule has 5 nitrogen and oxygen atoms in total. The van der Waals surface area contributed by atoms with Gasteiger partial charge in [0.1, 0.15) is 0 Å². The minimum absolute atomic E-state index is 0.00379. The standard InChI is InChI=1S/C11H16ClN3O2S2/c1-6(8(5-16)18-2)14-10(17)9-7(12)4-13-11(15-9)19-3/h4,6,8,16H,5H2,1-3H3,(H,14,17). The van der Waals surface area contributed by atoms with E-state index >= 15 is 0 Å². The molecule has 1 aromatic rings. The molecular formula is C11H16ClN3O2S2. The van der Waals surface area contributed by atoms with Crippen LogP contribution < -0.4 is 5.32 Å². The lowest BCUT2D eigenvalue weighted by Crippen LogP contribution is -2.41. The van der Waals surface area contributed by atoms with E-state index in [1.807, 2.05) is 19.4 Å². The third kappa shape index (κ3) is 4.52. The molecule has 19 heavy (non-hydrogen) atoms. The number of nitrogens with zero attached hydrogens (tertiary/aromatic N) is 2. The lowest BCUT2D eigenvalue weighted by Gasteiger charge is -2.21. The van der Waals surface area contributed by atoms with Crippen LogP contribution in [0.15, 0.2) is 11.4 Å². The maximum Gasteiger partial charge on any atom is 0.271 e. The van der Waals surface area contributed by atoms with E-state index in [0.717, 1.165) is 0 Å². The fourth-order valence-electron chi connectivity index (χ4n) is 1.41. The number of thioether (sulfide) groups is 2. The first-order chi connectivity index (χ1) is 9.03. The van der Waals surface area contributed by atoms with Crippen LogP contribution in [0, 0.1) is 0 Å². The van der Waals surface area contributed by atoms with Gasteiger partial charge in [-0.3, -0.25) is 4.79 Å². The first-order valence-electron chi connectivity index (χ1n) is 5.54. The fourth-order valence-corrected chi connectivity index (χ4v) is 2.56. The molecule has 106 valence electrons. The van der Waals surface area contributed by atoms with E-state index in [-0.39, 0.29) is 34.5 Å². The van der Waals surface area contributed by atoms with E-state index in [9.17, 15) is 9.90 Å². The van der Waals surface area contributed by atoms with Crippen LogP contribution >= 0.6 is 35.1 Å². The highest BCUT2D eigenvalue weighted by molar-refractivity contribution is 7.99. The number of aromatic nitrogens is 2. The second-order valence-corrected chi connectivity index (χ2v) is 6.03. The highest BCUT2D eigenvalue weighted by Gasteiger charge is 2.21. The van der Waals surface area contributed by atoms with Crippen molar-refractivity contribution in [1.82, 2.24) is 15.3 Å². The molecule has 0 saturated carbocycles. The van der Waals surface area contributed by atoms with Crippen molar-refractivity contribution in [2.24, 2.45) is 0 Å². The largest absolute Gasteiger partial charge is 0.395 e. The molecule has 0 aliphatic rings. The summed E-state index contributed by atoms with van der Waals surface area (Å²) in [5, 5.41) is 12.6. The summed E-state index contributed by atoms with van der Waals surface area (Å²) in [7, 11) is 0. The zero-order chi connectivity index (χ0) is 14.4. The number of aliphatic hydroxyl groups is 1. The molecule has 0 fully saturated rings. The highest BCUT2D eigenvalue weighted by Crippen LogP contribution is 2.17. The minimum atomic E-state index is -0.359. The smallest absolute Gasteiger partial charge is 0.271 e. The van der Waals surface area contributed by atoms with Gasteiger partial charge in [-0.2, -0.15) is 11.8 Å². The summed E-state index contributed by atoms with van der Waals surface area (Å²) < 4.78 is 0. The van der Waals surface area contributed by atoms with Crippen molar-refractivity contribution in [3.63, 3.8) is 0 Å². The molecule has 1 rings (SSSR count). The van der Waals surface area contributed by atoms with Crippen LogP contribution in [0.3, 0.4) is 0 Å². The van der Waals surface area contributed by atoms with Crippen LogP contribution in [0.4, 0.5) is 0 Å². The Bertz CT molecular complexity index is 444. The summed E-state index contributed by atoms with van der Waals surface area (Å²) in [4.78, 5) is 20.2. The highest BCUT2D eigenvalue weighted by atomic mass is 35.5. The van der Waals surface area contributed by atoms with E-state index in [4.69, 9.17) is 11.6 Å². The number of carbonyl (C=O) groups excluding carboxylic acids is 1. The Morgan fingerprint density at radius 1 is 1.58 bits per heavy atom.